The average molecular weight is 273 g/mol. The molecule has 2 aromatic rings. The Balaban J connectivity index is 2.16. The Kier molecular flexibility index (Phi) is 4.77. The molecule has 0 spiro atoms. The minimum absolute atomic E-state index is 0.239. The van der Waals surface area contributed by atoms with Crippen molar-refractivity contribution < 1.29 is 14.4 Å². The van der Waals surface area contributed by atoms with Gasteiger partial charge in [0.05, 0.1) is 5.69 Å². The summed E-state index contributed by atoms with van der Waals surface area (Å²) in [6.07, 6.45) is 0. The maximum atomic E-state index is 13.8. The van der Waals surface area contributed by atoms with Crippen LogP contribution in [0.15, 0.2) is 48.5 Å². The summed E-state index contributed by atoms with van der Waals surface area (Å²) in [7, 11) is -1.46. The molecule has 0 saturated carbocycles. The number of hydrogen-bond acceptors (Lipinski definition) is 3. The molecule has 0 bridgehead atoms. The summed E-state index contributed by atoms with van der Waals surface area (Å²) in [5, 5.41) is 18.1. The third-order valence-corrected chi connectivity index (χ3v) is 3.23. The molecule has 0 aliphatic rings. The third-order valence-electron chi connectivity index (χ3n) is 3.23. The number of benzene rings is 2. The van der Waals surface area contributed by atoms with Crippen LogP contribution in [-0.2, 0) is 6.54 Å². The molecular formula is C15H17BFNO2. The topological polar surface area (TPSA) is 43.7 Å². The smallest absolute Gasteiger partial charge is 0.423 e. The molecule has 2 aromatic carbocycles. The van der Waals surface area contributed by atoms with Crippen LogP contribution in [0.3, 0.4) is 0 Å². The van der Waals surface area contributed by atoms with Gasteiger partial charge in [0, 0.05) is 13.1 Å². The predicted molar refractivity (Wildman–Crippen MR) is 79.4 cm³/mol. The van der Waals surface area contributed by atoms with Crippen molar-refractivity contribution in [3.8, 4) is 0 Å². The number of hydrogen-bond donors (Lipinski definition) is 2. The van der Waals surface area contributed by atoms with Gasteiger partial charge < -0.3 is 14.9 Å². The molecule has 2 N–H and O–H groups in total. The summed E-state index contributed by atoms with van der Waals surface area (Å²) >= 11 is 0. The van der Waals surface area contributed by atoms with E-state index in [2.05, 4.69) is 0 Å². The fraction of sp³-hybridized carbons (Fsp3) is 0.200. The zero-order chi connectivity index (χ0) is 14.5. The zero-order valence-corrected chi connectivity index (χ0v) is 11.3. The molecule has 5 heteroatoms. The molecule has 3 nitrogen and oxygen atoms in total. The first-order chi connectivity index (χ1) is 9.61. The molecule has 0 saturated heterocycles. The van der Waals surface area contributed by atoms with E-state index in [9.17, 15) is 4.39 Å². The van der Waals surface area contributed by atoms with E-state index >= 15 is 0 Å². The SMILES string of the molecule is CCN(Cc1ccc(B(O)O)cc1)c1ccccc1F. The van der Waals surface area contributed by atoms with Gasteiger partial charge in [-0.1, -0.05) is 36.4 Å². The first-order valence-electron chi connectivity index (χ1n) is 6.56. The number of nitrogens with zero attached hydrogens (tertiary/aromatic N) is 1. The van der Waals surface area contributed by atoms with Crippen LogP contribution in [0.25, 0.3) is 0 Å². The third kappa shape index (κ3) is 3.38. The van der Waals surface area contributed by atoms with Crippen molar-refractivity contribution in [3.05, 3.63) is 59.9 Å². The van der Waals surface area contributed by atoms with Crippen LogP contribution in [0.2, 0.25) is 0 Å². The molecule has 0 amide bonds. The Morgan fingerprint density at radius 2 is 1.70 bits per heavy atom. The average Bonchev–Trinajstić information content (AvgIpc) is 2.46. The molecule has 0 aliphatic carbocycles. The van der Waals surface area contributed by atoms with Crippen molar-refractivity contribution >= 4 is 18.3 Å². The highest BCUT2D eigenvalue weighted by Gasteiger charge is 2.12. The Hall–Kier alpha value is -1.85. The van der Waals surface area contributed by atoms with Crippen molar-refractivity contribution in [1.29, 1.82) is 0 Å². The van der Waals surface area contributed by atoms with Gasteiger partial charge in [-0.05, 0) is 30.1 Å². The van der Waals surface area contributed by atoms with Crippen molar-refractivity contribution in [2.45, 2.75) is 13.5 Å². The van der Waals surface area contributed by atoms with Crippen LogP contribution in [0.1, 0.15) is 12.5 Å². The van der Waals surface area contributed by atoms with Crippen LogP contribution < -0.4 is 10.4 Å². The van der Waals surface area contributed by atoms with Crippen molar-refractivity contribution in [1.82, 2.24) is 0 Å². The summed E-state index contributed by atoms with van der Waals surface area (Å²) < 4.78 is 13.8. The summed E-state index contributed by atoms with van der Waals surface area (Å²) in [4.78, 5) is 1.93. The highest BCUT2D eigenvalue weighted by atomic mass is 19.1. The van der Waals surface area contributed by atoms with Gasteiger partial charge in [-0.15, -0.1) is 0 Å². The van der Waals surface area contributed by atoms with Crippen LogP contribution >= 0.6 is 0 Å². The lowest BCUT2D eigenvalue weighted by atomic mass is 9.80. The standard InChI is InChI=1S/C15H17BFNO2/c1-2-18(15-6-4-3-5-14(15)17)11-12-7-9-13(10-8-12)16(19)20/h3-10,19-20H,2,11H2,1H3. The molecule has 104 valence electrons. The molecule has 20 heavy (non-hydrogen) atoms. The van der Waals surface area contributed by atoms with Crippen LogP contribution in [0, 0.1) is 5.82 Å². The van der Waals surface area contributed by atoms with Crippen LogP contribution in [0.4, 0.5) is 10.1 Å². The van der Waals surface area contributed by atoms with E-state index in [4.69, 9.17) is 10.0 Å². The van der Waals surface area contributed by atoms with Gasteiger partial charge in [0.2, 0.25) is 0 Å². The lowest BCUT2D eigenvalue weighted by Crippen LogP contribution is -2.30. The van der Waals surface area contributed by atoms with E-state index < -0.39 is 7.12 Å². The van der Waals surface area contributed by atoms with E-state index in [1.54, 1.807) is 24.3 Å². The molecule has 0 aliphatic heterocycles. The van der Waals surface area contributed by atoms with Crippen molar-refractivity contribution in [2.24, 2.45) is 0 Å². The highest BCUT2D eigenvalue weighted by Crippen LogP contribution is 2.20. The second-order valence-electron chi connectivity index (χ2n) is 4.58. The molecular weight excluding hydrogens is 256 g/mol. The monoisotopic (exact) mass is 273 g/mol. The summed E-state index contributed by atoms with van der Waals surface area (Å²) in [6.45, 7) is 3.23. The predicted octanol–water partition coefficient (Wildman–Crippen LogP) is 1.53. The maximum Gasteiger partial charge on any atom is 0.488 e. The molecule has 0 fully saturated rings. The van der Waals surface area contributed by atoms with Crippen LogP contribution in [-0.4, -0.2) is 23.7 Å². The molecule has 0 heterocycles. The van der Waals surface area contributed by atoms with Crippen LogP contribution in [0.5, 0.6) is 0 Å². The van der Waals surface area contributed by atoms with Gasteiger partial charge in [0.1, 0.15) is 5.82 Å². The van der Waals surface area contributed by atoms with Gasteiger partial charge in [-0.3, -0.25) is 0 Å². The number of halogens is 1. The first-order valence-corrected chi connectivity index (χ1v) is 6.56. The molecule has 0 atom stereocenters. The molecule has 0 radical (unpaired) electrons. The Bertz CT molecular complexity index is 560. The molecule has 2 rings (SSSR count). The van der Waals surface area contributed by atoms with Gasteiger partial charge >= 0.3 is 7.12 Å². The number of anilines is 1. The summed E-state index contributed by atoms with van der Waals surface area (Å²) in [6, 6.07) is 13.6. The second kappa shape index (κ2) is 6.54. The Morgan fingerprint density at radius 3 is 2.25 bits per heavy atom. The van der Waals surface area contributed by atoms with E-state index in [-0.39, 0.29) is 5.82 Å². The quantitative estimate of drug-likeness (QED) is 0.812. The number of rotatable bonds is 5. The summed E-state index contributed by atoms with van der Waals surface area (Å²) in [5.74, 6) is -0.239. The largest absolute Gasteiger partial charge is 0.488 e. The maximum absolute atomic E-state index is 13.8. The molecule has 0 aromatic heterocycles. The Labute approximate surface area is 118 Å². The fourth-order valence-electron chi connectivity index (χ4n) is 2.09. The minimum Gasteiger partial charge on any atom is -0.423 e. The normalized spacial score (nSPS) is 10.4. The summed E-state index contributed by atoms with van der Waals surface area (Å²) in [5.41, 5.74) is 2.00. The van der Waals surface area contributed by atoms with Gasteiger partial charge in [0.15, 0.2) is 0 Å². The molecule has 0 unspecified atom stereocenters. The fourth-order valence-corrected chi connectivity index (χ4v) is 2.09. The lowest BCUT2D eigenvalue weighted by Gasteiger charge is -2.23. The zero-order valence-electron chi connectivity index (χ0n) is 11.3. The highest BCUT2D eigenvalue weighted by molar-refractivity contribution is 6.58. The number of para-hydroxylation sites is 1. The van der Waals surface area contributed by atoms with Gasteiger partial charge in [0.25, 0.3) is 0 Å². The van der Waals surface area contributed by atoms with E-state index in [0.29, 0.717) is 24.2 Å². The van der Waals surface area contributed by atoms with E-state index in [1.807, 2.05) is 30.0 Å². The Morgan fingerprint density at radius 1 is 1.05 bits per heavy atom. The lowest BCUT2D eigenvalue weighted by molar-refractivity contribution is 0.426. The van der Waals surface area contributed by atoms with Gasteiger partial charge in [-0.2, -0.15) is 0 Å². The van der Waals surface area contributed by atoms with Crippen molar-refractivity contribution in [3.63, 3.8) is 0 Å². The second-order valence-corrected chi connectivity index (χ2v) is 4.58. The minimum atomic E-state index is -1.46. The van der Waals surface area contributed by atoms with E-state index in [1.165, 1.54) is 6.07 Å². The van der Waals surface area contributed by atoms with E-state index in [0.717, 1.165) is 5.56 Å². The first kappa shape index (κ1) is 14.6. The van der Waals surface area contributed by atoms with Gasteiger partial charge in [-0.25, -0.2) is 4.39 Å². The van der Waals surface area contributed by atoms with Crippen molar-refractivity contribution in [2.75, 3.05) is 11.4 Å².